The molecular formula is C10H14FNO. The molecule has 0 spiro atoms. The van der Waals surface area contributed by atoms with E-state index < -0.39 is 0 Å². The molecule has 0 saturated carbocycles. The van der Waals surface area contributed by atoms with Crippen molar-refractivity contribution in [2.24, 2.45) is 0 Å². The minimum absolute atomic E-state index is 0.107. The molecule has 3 heteroatoms. The number of carbonyl (C=O) groups excluding carboxylic acids is 1. The molecule has 1 amide bonds. The van der Waals surface area contributed by atoms with E-state index >= 15 is 0 Å². The number of allylic oxidation sites excluding steroid dienone is 3. The second-order valence-corrected chi connectivity index (χ2v) is 2.49. The van der Waals surface area contributed by atoms with Crippen molar-refractivity contribution in [3.05, 3.63) is 36.2 Å². The van der Waals surface area contributed by atoms with Gasteiger partial charge in [0.1, 0.15) is 0 Å². The molecule has 2 nitrogen and oxygen atoms in total. The van der Waals surface area contributed by atoms with Gasteiger partial charge in [-0.2, -0.15) is 0 Å². The molecule has 0 heterocycles. The summed E-state index contributed by atoms with van der Waals surface area (Å²) in [5, 5.41) is 2.58. The summed E-state index contributed by atoms with van der Waals surface area (Å²) >= 11 is 0. The van der Waals surface area contributed by atoms with Crippen LogP contribution in [-0.2, 0) is 4.79 Å². The van der Waals surface area contributed by atoms with Crippen LogP contribution in [-0.4, -0.2) is 12.5 Å². The van der Waals surface area contributed by atoms with Gasteiger partial charge in [0.15, 0.2) is 0 Å². The van der Waals surface area contributed by atoms with E-state index in [9.17, 15) is 9.18 Å². The van der Waals surface area contributed by atoms with Crippen molar-refractivity contribution in [3.63, 3.8) is 0 Å². The van der Waals surface area contributed by atoms with Crippen molar-refractivity contribution in [2.45, 2.75) is 19.9 Å². The minimum atomic E-state index is -0.107. The van der Waals surface area contributed by atoms with Crippen LogP contribution in [0.5, 0.6) is 0 Å². The SMILES string of the molecule is C\C=C/C(=C\C=C\F)[C@@H](C)NC=O. The first-order chi connectivity index (χ1) is 6.26. The lowest BCUT2D eigenvalue weighted by molar-refractivity contribution is -0.109. The van der Waals surface area contributed by atoms with Crippen LogP contribution in [0.25, 0.3) is 0 Å². The third-order valence-electron chi connectivity index (χ3n) is 1.54. The van der Waals surface area contributed by atoms with E-state index in [-0.39, 0.29) is 6.04 Å². The largest absolute Gasteiger partial charge is 0.352 e. The van der Waals surface area contributed by atoms with Crippen molar-refractivity contribution < 1.29 is 9.18 Å². The molecule has 0 aliphatic carbocycles. The van der Waals surface area contributed by atoms with Gasteiger partial charge in [-0.05, 0) is 25.5 Å². The maximum atomic E-state index is 11.7. The predicted octanol–water partition coefficient (Wildman–Crippen LogP) is 2.11. The Labute approximate surface area is 77.8 Å². The van der Waals surface area contributed by atoms with E-state index in [4.69, 9.17) is 0 Å². The summed E-state index contributed by atoms with van der Waals surface area (Å²) < 4.78 is 11.7. The Hall–Kier alpha value is -1.38. The average molecular weight is 183 g/mol. The highest BCUT2D eigenvalue weighted by molar-refractivity contribution is 5.49. The first-order valence-electron chi connectivity index (χ1n) is 4.05. The summed E-state index contributed by atoms with van der Waals surface area (Å²) in [6, 6.07) is -0.107. The summed E-state index contributed by atoms with van der Waals surface area (Å²) in [5.74, 6) is 0. The van der Waals surface area contributed by atoms with Crippen LogP contribution in [0.3, 0.4) is 0 Å². The van der Waals surface area contributed by atoms with Gasteiger partial charge in [0.05, 0.1) is 12.4 Å². The Morgan fingerprint density at radius 1 is 1.54 bits per heavy atom. The molecular weight excluding hydrogens is 169 g/mol. The van der Waals surface area contributed by atoms with Crippen LogP contribution < -0.4 is 5.32 Å². The van der Waals surface area contributed by atoms with Crippen molar-refractivity contribution in [2.75, 3.05) is 0 Å². The molecule has 0 aliphatic rings. The number of carbonyl (C=O) groups is 1. The fourth-order valence-corrected chi connectivity index (χ4v) is 0.882. The molecule has 0 aromatic carbocycles. The van der Waals surface area contributed by atoms with E-state index in [0.717, 1.165) is 5.57 Å². The first-order valence-corrected chi connectivity index (χ1v) is 4.05. The minimum Gasteiger partial charge on any atom is -0.352 e. The summed E-state index contributed by atoms with van der Waals surface area (Å²) in [6.45, 7) is 3.69. The van der Waals surface area contributed by atoms with E-state index in [0.29, 0.717) is 12.7 Å². The Morgan fingerprint density at radius 3 is 2.69 bits per heavy atom. The molecule has 0 unspecified atom stereocenters. The molecule has 0 aliphatic heterocycles. The zero-order valence-corrected chi connectivity index (χ0v) is 7.83. The lowest BCUT2D eigenvalue weighted by Crippen LogP contribution is -2.25. The second-order valence-electron chi connectivity index (χ2n) is 2.49. The quantitative estimate of drug-likeness (QED) is 0.513. The highest BCUT2D eigenvalue weighted by atomic mass is 19.1. The molecule has 0 rings (SSSR count). The Bertz CT molecular complexity index is 231. The van der Waals surface area contributed by atoms with Gasteiger partial charge in [0.25, 0.3) is 0 Å². The smallest absolute Gasteiger partial charge is 0.207 e. The molecule has 0 saturated heterocycles. The molecule has 13 heavy (non-hydrogen) atoms. The zero-order chi connectivity index (χ0) is 10.1. The van der Waals surface area contributed by atoms with Gasteiger partial charge in [-0.15, -0.1) is 0 Å². The predicted molar refractivity (Wildman–Crippen MR) is 51.8 cm³/mol. The third-order valence-corrected chi connectivity index (χ3v) is 1.54. The first kappa shape index (κ1) is 11.6. The van der Waals surface area contributed by atoms with Crippen LogP contribution >= 0.6 is 0 Å². The average Bonchev–Trinajstić information content (AvgIpc) is 2.12. The number of rotatable bonds is 5. The fraction of sp³-hybridized carbons (Fsp3) is 0.300. The van der Waals surface area contributed by atoms with Crippen LogP contribution in [0.1, 0.15) is 13.8 Å². The van der Waals surface area contributed by atoms with Crippen molar-refractivity contribution >= 4 is 6.41 Å². The molecule has 0 radical (unpaired) electrons. The number of hydrogen-bond donors (Lipinski definition) is 1. The normalized spacial score (nSPS) is 15.2. The van der Waals surface area contributed by atoms with Gasteiger partial charge in [-0.25, -0.2) is 4.39 Å². The molecule has 0 bridgehead atoms. The standard InChI is InChI=1S/C10H14FNO/c1-3-5-10(6-4-7-11)9(2)12-8-13/h3-9H,1-2H3,(H,12,13)/b5-3-,7-4+,10-6+/t9-/m1/s1. The molecule has 0 aromatic rings. The third kappa shape index (κ3) is 4.95. The van der Waals surface area contributed by atoms with Crippen LogP contribution in [0.4, 0.5) is 4.39 Å². The number of halogens is 1. The lowest BCUT2D eigenvalue weighted by Gasteiger charge is -2.10. The second kappa shape index (κ2) is 7.28. The lowest BCUT2D eigenvalue weighted by atomic mass is 10.1. The van der Waals surface area contributed by atoms with Crippen LogP contribution in [0.15, 0.2) is 36.2 Å². The van der Waals surface area contributed by atoms with Crippen LogP contribution in [0, 0.1) is 0 Å². The van der Waals surface area contributed by atoms with Crippen molar-refractivity contribution in [3.8, 4) is 0 Å². The Morgan fingerprint density at radius 2 is 2.23 bits per heavy atom. The van der Waals surface area contributed by atoms with Crippen molar-refractivity contribution in [1.82, 2.24) is 5.32 Å². The van der Waals surface area contributed by atoms with Gasteiger partial charge in [0.2, 0.25) is 6.41 Å². The molecule has 1 atom stereocenters. The number of nitrogens with one attached hydrogen (secondary N) is 1. The zero-order valence-electron chi connectivity index (χ0n) is 7.83. The maximum absolute atomic E-state index is 11.7. The number of hydrogen-bond acceptors (Lipinski definition) is 1. The summed E-state index contributed by atoms with van der Waals surface area (Å²) in [4.78, 5) is 10.1. The fourth-order valence-electron chi connectivity index (χ4n) is 0.882. The van der Waals surface area contributed by atoms with Crippen molar-refractivity contribution in [1.29, 1.82) is 0 Å². The summed E-state index contributed by atoms with van der Waals surface area (Å²) in [5.41, 5.74) is 0.850. The van der Waals surface area contributed by atoms with Gasteiger partial charge < -0.3 is 5.32 Å². The molecule has 0 aromatic heterocycles. The highest BCUT2D eigenvalue weighted by Gasteiger charge is 2.01. The van der Waals surface area contributed by atoms with E-state index in [1.165, 1.54) is 6.08 Å². The maximum Gasteiger partial charge on any atom is 0.207 e. The highest BCUT2D eigenvalue weighted by Crippen LogP contribution is 2.04. The summed E-state index contributed by atoms with van der Waals surface area (Å²) in [7, 11) is 0. The van der Waals surface area contributed by atoms with Gasteiger partial charge in [-0.1, -0.05) is 18.2 Å². The van der Waals surface area contributed by atoms with Gasteiger partial charge >= 0.3 is 0 Å². The van der Waals surface area contributed by atoms with Gasteiger partial charge in [-0.3, -0.25) is 4.79 Å². The molecule has 1 N–H and O–H groups in total. The Balaban J connectivity index is 4.48. The van der Waals surface area contributed by atoms with Crippen LogP contribution in [0.2, 0.25) is 0 Å². The Kier molecular flexibility index (Phi) is 6.51. The molecule has 72 valence electrons. The molecule has 0 fully saturated rings. The summed E-state index contributed by atoms with van der Waals surface area (Å²) in [6.07, 6.45) is 7.64. The topological polar surface area (TPSA) is 29.1 Å². The number of amides is 1. The van der Waals surface area contributed by atoms with E-state index in [2.05, 4.69) is 5.32 Å². The monoisotopic (exact) mass is 183 g/mol. The van der Waals surface area contributed by atoms with Gasteiger partial charge in [0, 0.05) is 0 Å². The van der Waals surface area contributed by atoms with E-state index in [1.54, 1.807) is 6.08 Å². The van der Waals surface area contributed by atoms with E-state index in [1.807, 2.05) is 26.0 Å².